The molecule has 2 heterocycles. The van der Waals surface area contributed by atoms with Crippen LogP contribution in [0.4, 0.5) is 10.8 Å². The van der Waals surface area contributed by atoms with E-state index in [4.69, 9.17) is 0 Å². The molecule has 0 spiro atoms. The normalized spacial score (nSPS) is 10.9. The molecule has 0 aliphatic rings. The first kappa shape index (κ1) is 12.5. The van der Waals surface area contributed by atoms with E-state index in [-0.39, 0.29) is 0 Å². The Morgan fingerprint density at radius 1 is 0.952 bits per heavy atom. The van der Waals surface area contributed by atoms with Crippen molar-refractivity contribution in [3.8, 4) is 10.7 Å². The third-order valence-electron chi connectivity index (χ3n) is 3.19. The van der Waals surface area contributed by atoms with Crippen LogP contribution in [-0.4, -0.2) is 9.97 Å². The van der Waals surface area contributed by atoms with Crippen LogP contribution in [0.25, 0.3) is 21.5 Å². The summed E-state index contributed by atoms with van der Waals surface area (Å²) < 4.78 is 0. The minimum atomic E-state index is 0.886. The standard InChI is InChI=1S/C16H11N3S2/c1-2-6-12-11(4-1)5-3-7-13(12)18-16-19-14(10-21-16)15-17-8-9-20-15/h1-10H,(H,18,19). The molecule has 2 aromatic heterocycles. The van der Waals surface area contributed by atoms with E-state index < -0.39 is 0 Å². The average molecular weight is 309 g/mol. The lowest BCUT2D eigenvalue weighted by Crippen LogP contribution is -1.90. The van der Waals surface area contributed by atoms with Gasteiger partial charge in [-0.15, -0.1) is 22.7 Å². The molecule has 1 N–H and O–H groups in total. The molecule has 0 atom stereocenters. The third-order valence-corrected chi connectivity index (χ3v) is 4.74. The van der Waals surface area contributed by atoms with Gasteiger partial charge in [0.1, 0.15) is 10.7 Å². The van der Waals surface area contributed by atoms with Gasteiger partial charge in [-0.3, -0.25) is 0 Å². The number of rotatable bonds is 3. The van der Waals surface area contributed by atoms with Crippen molar-refractivity contribution < 1.29 is 0 Å². The van der Waals surface area contributed by atoms with Crippen LogP contribution >= 0.6 is 22.7 Å². The van der Waals surface area contributed by atoms with E-state index in [1.165, 1.54) is 10.8 Å². The Morgan fingerprint density at radius 3 is 2.76 bits per heavy atom. The van der Waals surface area contributed by atoms with Gasteiger partial charge in [0.25, 0.3) is 0 Å². The van der Waals surface area contributed by atoms with Crippen molar-refractivity contribution in [1.29, 1.82) is 0 Å². The molecular weight excluding hydrogens is 298 g/mol. The first-order valence-corrected chi connectivity index (χ1v) is 8.26. The Hall–Kier alpha value is -2.24. The van der Waals surface area contributed by atoms with Crippen molar-refractivity contribution in [2.45, 2.75) is 0 Å². The van der Waals surface area contributed by atoms with Gasteiger partial charge in [0.2, 0.25) is 0 Å². The van der Waals surface area contributed by atoms with E-state index in [1.807, 2.05) is 10.8 Å². The van der Waals surface area contributed by atoms with Crippen molar-refractivity contribution in [2.24, 2.45) is 0 Å². The molecule has 0 aliphatic carbocycles. The molecule has 0 unspecified atom stereocenters. The van der Waals surface area contributed by atoms with Crippen LogP contribution in [-0.2, 0) is 0 Å². The van der Waals surface area contributed by atoms with Crippen LogP contribution in [0, 0.1) is 0 Å². The number of anilines is 2. The molecule has 5 heteroatoms. The smallest absolute Gasteiger partial charge is 0.187 e. The zero-order valence-electron chi connectivity index (χ0n) is 11.0. The molecule has 102 valence electrons. The summed E-state index contributed by atoms with van der Waals surface area (Å²) in [6, 6.07) is 14.6. The number of aromatic nitrogens is 2. The highest BCUT2D eigenvalue weighted by Crippen LogP contribution is 2.30. The van der Waals surface area contributed by atoms with Gasteiger partial charge in [0.05, 0.1) is 0 Å². The van der Waals surface area contributed by atoms with Crippen molar-refractivity contribution >= 4 is 44.3 Å². The van der Waals surface area contributed by atoms with E-state index >= 15 is 0 Å². The molecule has 0 aliphatic heterocycles. The zero-order valence-corrected chi connectivity index (χ0v) is 12.6. The molecule has 21 heavy (non-hydrogen) atoms. The number of hydrogen-bond acceptors (Lipinski definition) is 5. The molecule has 4 rings (SSSR count). The predicted molar refractivity (Wildman–Crippen MR) is 90.5 cm³/mol. The Bertz CT molecular complexity index is 876. The van der Waals surface area contributed by atoms with Gasteiger partial charge in [-0.05, 0) is 11.5 Å². The molecule has 2 aromatic carbocycles. The predicted octanol–water partition coefficient (Wildman–Crippen LogP) is 5.16. The minimum absolute atomic E-state index is 0.886. The largest absolute Gasteiger partial charge is 0.331 e. The van der Waals surface area contributed by atoms with E-state index in [0.717, 1.165) is 21.5 Å². The Labute approximate surface area is 129 Å². The molecule has 0 fully saturated rings. The fraction of sp³-hybridized carbons (Fsp3) is 0. The lowest BCUT2D eigenvalue weighted by Gasteiger charge is -2.06. The topological polar surface area (TPSA) is 37.8 Å². The van der Waals surface area contributed by atoms with Crippen molar-refractivity contribution in [3.05, 3.63) is 59.4 Å². The zero-order chi connectivity index (χ0) is 14.1. The Morgan fingerprint density at radius 2 is 1.86 bits per heavy atom. The summed E-state index contributed by atoms with van der Waals surface area (Å²) in [4.78, 5) is 8.90. The fourth-order valence-electron chi connectivity index (χ4n) is 2.23. The summed E-state index contributed by atoms with van der Waals surface area (Å²) in [5.74, 6) is 0. The van der Waals surface area contributed by atoms with Crippen LogP contribution in [0.1, 0.15) is 0 Å². The second-order valence-corrected chi connectivity index (χ2v) is 6.28. The van der Waals surface area contributed by atoms with Gasteiger partial charge in [0.15, 0.2) is 5.13 Å². The van der Waals surface area contributed by atoms with Gasteiger partial charge >= 0.3 is 0 Å². The van der Waals surface area contributed by atoms with Crippen LogP contribution in [0.15, 0.2) is 59.4 Å². The summed E-state index contributed by atoms with van der Waals surface area (Å²) in [6.45, 7) is 0. The fourth-order valence-corrected chi connectivity index (χ4v) is 3.61. The van der Waals surface area contributed by atoms with E-state index in [2.05, 4.69) is 57.7 Å². The lowest BCUT2D eigenvalue weighted by molar-refractivity contribution is 1.34. The molecule has 4 aromatic rings. The highest BCUT2D eigenvalue weighted by atomic mass is 32.1. The molecular formula is C16H11N3S2. The van der Waals surface area contributed by atoms with Gasteiger partial charge in [0, 0.05) is 28.0 Å². The number of nitrogens with zero attached hydrogens (tertiary/aromatic N) is 2. The van der Waals surface area contributed by atoms with E-state index in [9.17, 15) is 0 Å². The maximum Gasteiger partial charge on any atom is 0.187 e. The van der Waals surface area contributed by atoms with E-state index in [0.29, 0.717) is 0 Å². The Kier molecular flexibility index (Phi) is 3.14. The van der Waals surface area contributed by atoms with Gasteiger partial charge in [-0.1, -0.05) is 36.4 Å². The van der Waals surface area contributed by atoms with Gasteiger partial charge < -0.3 is 5.32 Å². The first-order chi connectivity index (χ1) is 10.4. The molecule has 0 radical (unpaired) electrons. The van der Waals surface area contributed by atoms with Gasteiger partial charge in [-0.25, -0.2) is 9.97 Å². The van der Waals surface area contributed by atoms with Crippen LogP contribution < -0.4 is 5.32 Å². The maximum atomic E-state index is 4.61. The second-order valence-electron chi connectivity index (χ2n) is 4.53. The van der Waals surface area contributed by atoms with Crippen LogP contribution in [0.5, 0.6) is 0 Å². The van der Waals surface area contributed by atoms with Crippen molar-refractivity contribution in [2.75, 3.05) is 5.32 Å². The molecule has 0 amide bonds. The number of nitrogens with one attached hydrogen (secondary N) is 1. The van der Waals surface area contributed by atoms with Gasteiger partial charge in [-0.2, -0.15) is 0 Å². The minimum Gasteiger partial charge on any atom is -0.331 e. The summed E-state index contributed by atoms with van der Waals surface area (Å²) in [5.41, 5.74) is 2.01. The monoisotopic (exact) mass is 309 g/mol. The highest BCUT2D eigenvalue weighted by Gasteiger charge is 2.08. The summed E-state index contributed by atoms with van der Waals surface area (Å²) in [7, 11) is 0. The lowest BCUT2D eigenvalue weighted by atomic mass is 10.1. The first-order valence-electron chi connectivity index (χ1n) is 6.50. The average Bonchev–Trinajstić information content (AvgIpc) is 3.18. The van der Waals surface area contributed by atoms with Crippen LogP contribution in [0.3, 0.4) is 0 Å². The number of benzene rings is 2. The summed E-state index contributed by atoms with van der Waals surface area (Å²) >= 11 is 3.20. The van der Waals surface area contributed by atoms with E-state index in [1.54, 1.807) is 28.9 Å². The molecule has 0 bridgehead atoms. The second kappa shape index (κ2) is 5.27. The summed E-state index contributed by atoms with van der Waals surface area (Å²) in [5, 5.41) is 11.7. The number of fused-ring (bicyclic) bond motifs is 1. The molecule has 0 saturated carbocycles. The van der Waals surface area contributed by atoms with Crippen LogP contribution in [0.2, 0.25) is 0 Å². The van der Waals surface area contributed by atoms with Crippen molar-refractivity contribution in [3.63, 3.8) is 0 Å². The number of hydrogen-bond donors (Lipinski definition) is 1. The quantitative estimate of drug-likeness (QED) is 0.568. The highest BCUT2D eigenvalue weighted by molar-refractivity contribution is 7.15. The third kappa shape index (κ3) is 2.41. The Balaban J connectivity index is 1.69. The number of thiazole rings is 2. The van der Waals surface area contributed by atoms with Crippen molar-refractivity contribution in [1.82, 2.24) is 9.97 Å². The molecule has 3 nitrogen and oxygen atoms in total. The SMILES string of the molecule is c1ccc2c(Nc3nc(-c4nccs4)cs3)cccc2c1. The maximum absolute atomic E-state index is 4.61. The molecule has 0 saturated heterocycles. The summed E-state index contributed by atoms with van der Waals surface area (Å²) in [6.07, 6.45) is 1.80.